The van der Waals surface area contributed by atoms with E-state index in [0.717, 1.165) is 19.6 Å². The normalized spacial score (nSPS) is 39.9. The van der Waals surface area contributed by atoms with Gasteiger partial charge in [-0.05, 0) is 25.3 Å². The molecule has 3 saturated heterocycles. The van der Waals surface area contributed by atoms with Crippen LogP contribution in [0.1, 0.15) is 19.3 Å². The summed E-state index contributed by atoms with van der Waals surface area (Å²) in [5.41, 5.74) is 0. The first-order valence-corrected chi connectivity index (χ1v) is 6.05. The minimum atomic E-state index is -0.208. The second-order valence-electron chi connectivity index (χ2n) is 5.05. The van der Waals surface area contributed by atoms with Crippen molar-refractivity contribution in [3.8, 4) is 0 Å². The van der Waals surface area contributed by atoms with Crippen molar-refractivity contribution in [3.63, 3.8) is 0 Å². The molecule has 5 heteroatoms. The molecule has 0 aromatic carbocycles. The lowest BCUT2D eigenvalue weighted by atomic mass is 9.94. The molecule has 0 spiro atoms. The summed E-state index contributed by atoms with van der Waals surface area (Å²) in [6.07, 6.45) is 2.82. The SMILES string of the molecule is O=C1CC(N2C[C@@H]3CCCN[C@@H]3C2)C(=O)N1. The van der Waals surface area contributed by atoms with Gasteiger partial charge in [0.05, 0.1) is 12.5 Å². The van der Waals surface area contributed by atoms with Crippen LogP contribution in [0.2, 0.25) is 0 Å². The highest BCUT2D eigenvalue weighted by molar-refractivity contribution is 6.05. The molecule has 3 aliphatic rings. The standard InChI is InChI=1S/C11H17N3O2/c15-10-4-9(11(16)13-10)14-5-7-2-1-3-12-8(7)6-14/h7-9,12H,1-6H2,(H,13,15,16)/t7-,8+,9?/m0/s1. The third kappa shape index (κ3) is 1.64. The molecule has 5 nitrogen and oxygen atoms in total. The number of nitrogens with one attached hydrogen (secondary N) is 2. The van der Waals surface area contributed by atoms with Crippen molar-refractivity contribution < 1.29 is 9.59 Å². The molecule has 2 N–H and O–H groups in total. The number of nitrogens with zero attached hydrogens (tertiary/aromatic N) is 1. The fraction of sp³-hybridized carbons (Fsp3) is 0.818. The summed E-state index contributed by atoms with van der Waals surface area (Å²) in [5, 5.41) is 5.89. The zero-order chi connectivity index (χ0) is 11.1. The van der Waals surface area contributed by atoms with E-state index in [0.29, 0.717) is 18.4 Å². The molecule has 0 aliphatic carbocycles. The number of likely N-dealkylation sites (tertiary alicyclic amines) is 1. The predicted molar refractivity (Wildman–Crippen MR) is 57.6 cm³/mol. The smallest absolute Gasteiger partial charge is 0.244 e. The summed E-state index contributed by atoms with van der Waals surface area (Å²) in [6, 6.07) is 0.317. The lowest BCUT2D eigenvalue weighted by Gasteiger charge is -2.24. The number of hydrogen-bond acceptors (Lipinski definition) is 4. The molecule has 16 heavy (non-hydrogen) atoms. The van der Waals surface area contributed by atoms with Gasteiger partial charge in [0, 0.05) is 19.1 Å². The number of imide groups is 1. The van der Waals surface area contributed by atoms with Gasteiger partial charge in [-0.25, -0.2) is 0 Å². The second kappa shape index (κ2) is 3.82. The average molecular weight is 223 g/mol. The summed E-state index contributed by atoms with van der Waals surface area (Å²) < 4.78 is 0. The fourth-order valence-electron chi connectivity index (χ4n) is 3.17. The molecule has 0 saturated carbocycles. The maximum atomic E-state index is 11.6. The maximum absolute atomic E-state index is 11.6. The Labute approximate surface area is 94.6 Å². The van der Waals surface area contributed by atoms with Crippen LogP contribution in [0.5, 0.6) is 0 Å². The van der Waals surface area contributed by atoms with E-state index in [1.165, 1.54) is 12.8 Å². The van der Waals surface area contributed by atoms with E-state index in [4.69, 9.17) is 0 Å². The zero-order valence-electron chi connectivity index (χ0n) is 9.24. The number of fused-ring (bicyclic) bond motifs is 1. The Morgan fingerprint density at radius 2 is 2.12 bits per heavy atom. The second-order valence-corrected chi connectivity index (χ2v) is 5.05. The lowest BCUT2D eigenvalue weighted by Crippen LogP contribution is -2.42. The molecule has 0 aromatic rings. The highest BCUT2D eigenvalue weighted by Gasteiger charge is 2.42. The van der Waals surface area contributed by atoms with Gasteiger partial charge >= 0.3 is 0 Å². The van der Waals surface area contributed by atoms with Crippen LogP contribution in [-0.2, 0) is 9.59 Å². The van der Waals surface area contributed by atoms with Gasteiger partial charge in [0.2, 0.25) is 11.8 Å². The molecule has 3 atom stereocenters. The minimum absolute atomic E-state index is 0.108. The van der Waals surface area contributed by atoms with Crippen LogP contribution in [0.4, 0.5) is 0 Å². The molecule has 0 aromatic heterocycles. The molecule has 0 bridgehead atoms. The van der Waals surface area contributed by atoms with E-state index >= 15 is 0 Å². The van der Waals surface area contributed by atoms with E-state index in [-0.39, 0.29) is 17.9 Å². The summed E-state index contributed by atoms with van der Waals surface area (Å²) in [6.45, 7) is 2.96. The molecule has 0 radical (unpaired) electrons. The Bertz CT molecular complexity index is 317. The molecule has 3 rings (SSSR count). The largest absolute Gasteiger partial charge is 0.312 e. The van der Waals surface area contributed by atoms with Gasteiger partial charge in [-0.3, -0.25) is 19.8 Å². The summed E-state index contributed by atoms with van der Waals surface area (Å²) in [5.74, 6) is 0.429. The van der Waals surface area contributed by atoms with Crippen LogP contribution in [-0.4, -0.2) is 48.4 Å². The Hall–Kier alpha value is -0.940. The summed E-state index contributed by atoms with van der Waals surface area (Å²) in [4.78, 5) is 24.9. The van der Waals surface area contributed by atoms with E-state index < -0.39 is 0 Å². The zero-order valence-corrected chi connectivity index (χ0v) is 9.24. The van der Waals surface area contributed by atoms with Gasteiger partial charge in [0.1, 0.15) is 0 Å². The fourth-order valence-corrected chi connectivity index (χ4v) is 3.17. The first-order chi connectivity index (χ1) is 7.74. The van der Waals surface area contributed by atoms with Crippen LogP contribution in [0.3, 0.4) is 0 Å². The Kier molecular flexibility index (Phi) is 2.44. The minimum Gasteiger partial charge on any atom is -0.312 e. The van der Waals surface area contributed by atoms with Gasteiger partial charge in [0.25, 0.3) is 0 Å². The van der Waals surface area contributed by atoms with Crippen LogP contribution >= 0.6 is 0 Å². The van der Waals surface area contributed by atoms with Crippen LogP contribution in [0.15, 0.2) is 0 Å². The van der Waals surface area contributed by atoms with Gasteiger partial charge in [-0.2, -0.15) is 0 Å². The van der Waals surface area contributed by atoms with E-state index in [1.54, 1.807) is 0 Å². The van der Waals surface area contributed by atoms with Gasteiger partial charge < -0.3 is 5.32 Å². The van der Waals surface area contributed by atoms with E-state index in [1.807, 2.05) is 0 Å². The summed E-state index contributed by atoms with van der Waals surface area (Å²) in [7, 11) is 0. The molecule has 3 fully saturated rings. The Balaban J connectivity index is 1.68. The number of hydrogen-bond donors (Lipinski definition) is 2. The van der Waals surface area contributed by atoms with E-state index in [2.05, 4.69) is 15.5 Å². The molecular weight excluding hydrogens is 206 g/mol. The van der Waals surface area contributed by atoms with Gasteiger partial charge in [-0.15, -0.1) is 0 Å². The third-order valence-electron chi connectivity index (χ3n) is 4.01. The van der Waals surface area contributed by atoms with Crippen LogP contribution in [0.25, 0.3) is 0 Å². The third-order valence-corrected chi connectivity index (χ3v) is 4.01. The van der Waals surface area contributed by atoms with Gasteiger partial charge in [0.15, 0.2) is 0 Å². The molecule has 2 amide bonds. The Morgan fingerprint density at radius 1 is 1.25 bits per heavy atom. The predicted octanol–water partition coefficient (Wildman–Crippen LogP) is -0.915. The van der Waals surface area contributed by atoms with Crippen molar-refractivity contribution in [1.29, 1.82) is 0 Å². The number of rotatable bonds is 1. The van der Waals surface area contributed by atoms with Crippen molar-refractivity contribution >= 4 is 11.8 Å². The quantitative estimate of drug-likeness (QED) is 0.565. The Morgan fingerprint density at radius 3 is 2.81 bits per heavy atom. The number of piperidine rings is 1. The number of carbonyl (C=O) groups is 2. The lowest BCUT2D eigenvalue weighted by molar-refractivity contribution is -0.126. The first kappa shape index (κ1) is 10.2. The molecule has 1 unspecified atom stereocenters. The first-order valence-electron chi connectivity index (χ1n) is 6.05. The van der Waals surface area contributed by atoms with Crippen LogP contribution in [0, 0.1) is 5.92 Å². The maximum Gasteiger partial charge on any atom is 0.244 e. The molecular formula is C11H17N3O2. The molecule has 3 aliphatic heterocycles. The number of carbonyl (C=O) groups excluding carboxylic acids is 2. The van der Waals surface area contributed by atoms with Crippen molar-refractivity contribution in [2.24, 2.45) is 5.92 Å². The summed E-state index contributed by atoms with van der Waals surface area (Å²) >= 11 is 0. The topological polar surface area (TPSA) is 61.4 Å². The molecule has 3 heterocycles. The van der Waals surface area contributed by atoms with Crippen molar-refractivity contribution in [2.45, 2.75) is 31.3 Å². The van der Waals surface area contributed by atoms with E-state index in [9.17, 15) is 9.59 Å². The average Bonchev–Trinajstić information content (AvgIpc) is 2.81. The van der Waals surface area contributed by atoms with Crippen LogP contribution < -0.4 is 10.6 Å². The highest BCUT2D eigenvalue weighted by Crippen LogP contribution is 2.27. The monoisotopic (exact) mass is 223 g/mol. The van der Waals surface area contributed by atoms with Crippen molar-refractivity contribution in [2.75, 3.05) is 19.6 Å². The van der Waals surface area contributed by atoms with Crippen molar-refractivity contribution in [1.82, 2.24) is 15.5 Å². The molecule has 88 valence electrons. The highest BCUT2D eigenvalue weighted by atomic mass is 16.2. The van der Waals surface area contributed by atoms with Crippen molar-refractivity contribution in [3.05, 3.63) is 0 Å². The number of amides is 2. The van der Waals surface area contributed by atoms with Gasteiger partial charge in [-0.1, -0.05) is 0 Å².